The molecule has 0 saturated carbocycles. The van der Waals surface area contributed by atoms with E-state index in [1.54, 1.807) is 13.0 Å². The van der Waals surface area contributed by atoms with Crippen LogP contribution in [-0.2, 0) is 11.4 Å². The van der Waals surface area contributed by atoms with Crippen LogP contribution in [0.2, 0.25) is 0 Å². The van der Waals surface area contributed by atoms with Crippen molar-refractivity contribution in [3.63, 3.8) is 0 Å². The van der Waals surface area contributed by atoms with Gasteiger partial charge >= 0.3 is 0 Å². The number of benzene rings is 2. The number of furan rings is 1. The van der Waals surface area contributed by atoms with E-state index in [2.05, 4.69) is 15.5 Å². The summed E-state index contributed by atoms with van der Waals surface area (Å²) in [5.74, 6) is 0.738. The zero-order valence-corrected chi connectivity index (χ0v) is 21.2. The van der Waals surface area contributed by atoms with E-state index in [4.69, 9.17) is 13.9 Å². The first-order valence-corrected chi connectivity index (χ1v) is 12.1. The fraction of sp³-hybridized carbons (Fsp3) is 0.154. The summed E-state index contributed by atoms with van der Waals surface area (Å²) in [5.41, 5.74) is 0.764. The lowest BCUT2D eigenvalue weighted by molar-refractivity contribution is -0.384. The maximum absolute atomic E-state index is 12.7. The Bertz CT molecular complexity index is 1550. The van der Waals surface area contributed by atoms with Crippen molar-refractivity contribution < 1.29 is 23.6 Å². The van der Waals surface area contributed by atoms with Gasteiger partial charge in [0.1, 0.15) is 41.3 Å². The van der Waals surface area contributed by atoms with Crippen molar-refractivity contribution in [3.8, 4) is 28.9 Å². The molecular formula is C26H21N5O6S. The number of carbonyl (C=O) groups is 1. The number of rotatable bonds is 10. The van der Waals surface area contributed by atoms with Gasteiger partial charge in [-0.15, -0.1) is 10.2 Å². The first-order chi connectivity index (χ1) is 18.4. The predicted molar refractivity (Wildman–Crippen MR) is 140 cm³/mol. The second kappa shape index (κ2) is 11.8. The van der Waals surface area contributed by atoms with E-state index >= 15 is 0 Å². The third-order valence-corrected chi connectivity index (χ3v) is 5.97. The van der Waals surface area contributed by atoms with E-state index in [0.29, 0.717) is 17.4 Å². The number of nitriles is 1. The van der Waals surface area contributed by atoms with Crippen molar-refractivity contribution in [1.29, 1.82) is 5.26 Å². The molecule has 0 aliphatic heterocycles. The lowest BCUT2D eigenvalue weighted by Gasteiger charge is -2.06. The Hall–Kier alpha value is -5.02. The Labute approximate surface area is 221 Å². The van der Waals surface area contributed by atoms with Gasteiger partial charge in [-0.2, -0.15) is 5.26 Å². The largest absolute Gasteiger partial charge is 0.494 e. The fourth-order valence-corrected chi connectivity index (χ4v) is 4.03. The summed E-state index contributed by atoms with van der Waals surface area (Å²) < 4.78 is 16.8. The zero-order valence-electron chi connectivity index (χ0n) is 20.3. The van der Waals surface area contributed by atoms with Crippen molar-refractivity contribution in [1.82, 2.24) is 10.2 Å². The highest BCUT2D eigenvalue weighted by Crippen LogP contribution is 2.34. The van der Waals surface area contributed by atoms with Crippen LogP contribution in [0.5, 0.6) is 11.5 Å². The van der Waals surface area contributed by atoms with Crippen molar-refractivity contribution in [2.24, 2.45) is 0 Å². The predicted octanol–water partition coefficient (Wildman–Crippen LogP) is 5.54. The van der Waals surface area contributed by atoms with Crippen LogP contribution < -0.4 is 14.8 Å². The molecule has 1 N–H and O–H groups in total. The van der Waals surface area contributed by atoms with Gasteiger partial charge in [-0.25, -0.2) is 0 Å². The zero-order chi connectivity index (χ0) is 27.1. The topological polar surface area (TPSA) is 153 Å². The number of nitrogens with zero attached hydrogens (tertiary/aromatic N) is 4. The normalized spacial score (nSPS) is 11.0. The number of aryl methyl sites for hydroxylation is 1. The Morgan fingerprint density at radius 1 is 1.21 bits per heavy atom. The summed E-state index contributed by atoms with van der Waals surface area (Å²) in [7, 11) is 0. The maximum atomic E-state index is 12.7. The molecule has 0 aliphatic rings. The van der Waals surface area contributed by atoms with E-state index < -0.39 is 10.8 Å². The number of hydrogen-bond acceptors (Lipinski definition) is 10. The molecule has 0 atom stereocenters. The monoisotopic (exact) mass is 531 g/mol. The van der Waals surface area contributed by atoms with Gasteiger partial charge in [-0.05, 0) is 49.7 Å². The summed E-state index contributed by atoms with van der Waals surface area (Å²) in [6.07, 6.45) is 1.24. The highest BCUT2D eigenvalue weighted by molar-refractivity contribution is 7.15. The standard InChI is InChI=1S/C26H21N5O6S/c1-3-35-18-8-10-20(21(13-18)31(33)34)23-11-9-19(37-23)12-17(14-27)25(32)28-26-30-29-24(38-26)15-36-22-7-5-4-6-16(22)2/h4-13H,3,15H2,1-2H3,(H,28,30,32)/b17-12-. The molecule has 4 aromatic rings. The van der Waals surface area contributed by atoms with Gasteiger partial charge in [0, 0.05) is 6.08 Å². The molecule has 0 fully saturated rings. The number of nitro benzene ring substituents is 1. The Balaban J connectivity index is 1.45. The quantitative estimate of drug-likeness (QED) is 0.120. The molecule has 1 amide bonds. The Morgan fingerprint density at radius 3 is 2.76 bits per heavy atom. The van der Waals surface area contributed by atoms with E-state index in [1.807, 2.05) is 37.3 Å². The van der Waals surface area contributed by atoms with Gasteiger partial charge in [0.15, 0.2) is 5.01 Å². The molecule has 0 radical (unpaired) electrons. The molecule has 0 unspecified atom stereocenters. The minimum atomic E-state index is -0.708. The van der Waals surface area contributed by atoms with Crippen LogP contribution in [0.4, 0.5) is 10.8 Å². The number of nitrogens with one attached hydrogen (secondary N) is 1. The summed E-state index contributed by atoms with van der Waals surface area (Å²) in [6, 6.07) is 16.8. The minimum absolute atomic E-state index is 0.166. The van der Waals surface area contributed by atoms with E-state index in [9.17, 15) is 20.2 Å². The number of para-hydroxylation sites is 1. The highest BCUT2D eigenvalue weighted by atomic mass is 32.1. The van der Waals surface area contributed by atoms with Crippen LogP contribution in [0, 0.1) is 28.4 Å². The number of carbonyl (C=O) groups excluding carboxylic acids is 1. The van der Waals surface area contributed by atoms with Gasteiger partial charge in [0.25, 0.3) is 11.6 Å². The van der Waals surface area contributed by atoms with Gasteiger partial charge in [-0.3, -0.25) is 20.2 Å². The third kappa shape index (κ3) is 6.21. The average molecular weight is 532 g/mol. The number of aromatic nitrogens is 2. The number of amides is 1. The summed E-state index contributed by atoms with van der Waals surface area (Å²) >= 11 is 1.12. The molecule has 12 heteroatoms. The number of hydrogen-bond donors (Lipinski definition) is 1. The summed E-state index contributed by atoms with van der Waals surface area (Å²) in [5, 5.41) is 32.3. The summed E-state index contributed by atoms with van der Waals surface area (Å²) in [6.45, 7) is 4.24. The van der Waals surface area contributed by atoms with Crippen LogP contribution in [-0.4, -0.2) is 27.6 Å². The first-order valence-electron chi connectivity index (χ1n) is 11.3. The van der Waals surface area contributed by atoms with Crippen molar-refractivity contribution in [2.75, 3.05) is 11.9 Å². The smallest absolute Gasteiger partial charge is 0.284 e. The Morgan fingerprint density at radius 2 is 2.03 bits per heavy atom. The second-order valence-electron chi connectivity index (χ2n) is 7.75. The third-order valence-electron chi connectivity index (χ3n) is 5.15. The number of anilines is 1. The van der Waals surface area contributed by atoms with Crippen LogP contribution in [0.25, 0.3) is 17.4 Å². The van der Waals surface area contributed by atoms with Crippen LogP contribution in [0.3, 0.4) is 0 Å². The molecule has 192 valence electrons. The number of ether oxygens (including phenoxy) is 2. The molecule has 4 rings (SSSR count). The first kappa shape index (κ1) is 26.1. The molecule has 0 bridgehead atoms. The van der Waals surface area contributed by atoms with Gasteiger partial charge < -0.3 is 13.9 Å². The van der Waals surface area contributed by atoms with Crippen molar-refractivity contribution in [3.05, 3.63) is 86.6 Å². The fourth-order valence-electron chi connectivity index (χ4n) is 3.38. The molecule has 2 aromatic carbocycles. The van der Waals surface area contributed by atoms with Crippen molar-refractivity contribution >= 4 is 34.1 Å². The SMILES string of the molecule is CCOc1ccc(-c2ccc(/C=C(/C#N)C(=O)Nc3nnc(COc4ccccc4C)s3)o2)c([N+](=O)[O-])c1. The van der Waals surface area contributed by atoms with E-state index in [0.717, 1.165) is 22.6 Å². The molecular weight excluding hydrogens is 510 g/mol. The second-order valence-corrected chi connectivity index (χ2v) is 8.81. The highest BCUT2D eigenvalue weighted by Gasteiger charge is 2.20. The lowest BCUT2D eigenvalue weighted by atomic mass is 10.1. The molecule has 2 aromatic heterocycles. The molecule has 0 aliphatic carbocycles. The maximum Gasteiger partial charge on any atom is 0.284 e. The van der Waals surface area contributed by atoms with Gasteiger partial charge in [0.05, 0.1) is 23.2 Å². The Kier molecular flexibility index (Phi) is 8.10. The van der Waals surface area contributed by atoms with E-state index in [1.165, 1.54) is 30.3 Å². The molecule has 0 spiro atoms. The minimum Gasteiger partial charge on any atom is -0.494 e. The van der Waals surface area contributed by atoms with Gasteiger partial charge in [0.2, 0.25) is 5.13 Å². The van der Waals surface area contributed by atoms with Crippen molar-refractivity contribution in [2.45, 2.75) is 20.5 Å². The molecule has 11 nitrogen and oxygen atoms in total. The van der Waals surface area contributed by atoms with Crippen LogP contribution >= 0.6 is 11.3 Å². The average Bonchev–Trinajstić information content (AvgIpc) is 3.56. The van der Waals surface area contributed by atoms with Crippen LogP contribution in [0.15, 0.2) is 64.6 Å². The number of nitro groups is 1. The summed E-state index contributed by atoms with van der Waals surface area (Å²) in [4.78, 5) is 23.7. The molecule has 0 saturated heterocycles. The lowest BCUT2D eigenvalue weighted by Crippen LogP contribution is -2.13. The van der Waals surface area contributed by atoms with Crippen LogP contribution in [0.1, 0.15) is 23.3 Å². The molecule has 38 heavy (non-hydrogen) atoms. The van der Waals surface area contributed by atoms with Gasteiger partial charge in [-0.1, -0.05) is 29.5 Å². The van der Waals surface area contributed by atoms with E-state index in [-0.39, 0.29) is 40.1 Å². The molecule has 2 heterocycles.